The van der Waals surface area contributed by atoms with Crippen molar-refractivity contribution < 1.29 is 9.90 Å². The van der Waals surface area contributed by atoms with Gasteiger partial charge in [0.1, 0.15) is 0 Å². The van der Waals surface area contributed by atoms with Gasteiger partial charge in [-0.25, -0.2) is 4.79 Å². The third-order valence-corrected chi connectivity index (χ3v) is 4.32. The maximum atomic E-state index is 12.3. The Labute approximate surface area is 147 Å². The van der Waals surface area contributed by atoms with Crippen LogP contribution in [0.25, 0.3) is 0 Å². The summed E-state index contributed by atoms with van der Waals surface area (Å²) in [6, 6.07) is 16.7. The fourth-order valence-electron chi connectivity index (χ4n) is 2.74. The quantitative estimate of drug-likeness (QED) is 0.814. The summed E-state index contributed by atoms with van der Waals surface area (Å²) < 4.78 is 0. The van der Waals surface area contributed by atoms with E-state index in [2.05, 4.69) is 15.5 Å². The Kier molecular flexibility index (Phi) is 5.74. The Morgan fingerprint density at radius 2 is 1.60 bits per heavy atom. The number of hydrogen-bond acceptors (Lipinski definition) is 4. The molecule has 1 aliphatic rings. The lowest BCUT2D eigenvalue weighted by Crippen LogP contribution is -2.41. The third-order valence-electron chi connectivity index (χ3n) is 4.32. The van der Waals surface area contributed by atoms with E-state index in [1.165, 1.54) is 0 Å². The van der Waals surface area contributed by atoms with E-state index in [1.54, 1.807) is 4.90 Å². The van der Waals surface area contributed by atoms with Gasteiger partial charge in [0.2, 0.25) is 0 Å². The Balaban J connectivity index is 1.54. The van der Waals surface area contributed by atoms with E-state index in [4.69, 9.17) is 5.11 Å². The molecule has 3 rings (SSSR count). The standard InChI is InChI=1S/C19H22N4O2/c24-14-15-10-12-23(13-11-15)19(25)20-16-6-8-18(9-7-16)22-21-17-4-2-1-3-5-17/h1-9,15,24H,10-14H2,(H,20,25). The molecule has 1 heterocycles. The second-order valence-electron chi connectivity index (χ2n) is 6.13. The highest BCUT2D eigenvalue weighted by molar-refractivity contribution is 5.89. The predicted molar refractivity (Wildman–Crippen MR) is 97.5 cm³/mol. The van der Waals surface area contributed by atoms with Crippen LogP contribution in [-0.2, 0) is 0 Å². The van der Waals surface area contributed by atoms with E-state index in [9.17, 15) is 4.79 Å². The first-order valence-electron chi connectivity index (χ1n) is 8.48. The monoisotopic (exact) mass is 338 g/mol. The molecule has 0 spiro atoms. The van der Waals surface area contributed by atoms with Crippen LogP contribution >= 0.6 is 0 Å². The van der Waals surface area contributed by atoms with Crippen LogP contribution in [0, 0.1) is 5.92 Å². The van der Waals surface area contributed by atoms with Crippen LogP contribution < -0.4 is 5.32 Å². The minimum atomic E-state index is -0.102. The first-order valence-corrected chi connectivity index (χ1v) is 8.48. The number of rotatable bonds is 4. The number of piperidine rings is 1. The van der Waals surface area contributed by atoms with Crippen molar-refractivity contribution in [3.63, 3.8) is 0 Å². The van der Waals surface area contributed by atoms with E-state index >= 15 is 0 Å². The molecule has 130 valence electrons. The van der Waals surface area contributed by atoms with Crippen molar-refractivity contribution >= 4 is 23.1 Å². The largest absolute Gasteiger partial charge is 0.396 e. The van der Waals surface area contributed by atoms with Crippen LogP contribution in [0.2, 0.25) is 0 Å². The Bertz CT molecular complexity index is 708. The highest BCUT2D eigenvalue weighted by Gasteiger charge is 2.22. The minimum absolute atomic E-state index is 0.102. The smallest absolute Gasteiger partial charge is 0.321 e. The summed E-state index contributed by atoms with van der Waals surface area (Å²) in [4.78, 5) is 14.1. The minimum Gasteiger partial charge on any atom is -0.396 e. The zero-order chi connectivity index (χ0) is 17.5. The SMILES string of the molecule is O=C(Nc1ccc(N=Nc2ccccc2)cc1)N1CCC(CO)CC1. The summed E-state index contributed by atoms with van der Waals surface area (Å²) in [6.45, 7) is 1.56. The molecule has 0 atom stereocenters. The molecule has 0 bridgehead atoms. The van der Waals surface area contributed by atoms with E-state index in [1.807, 2.05) is 54.6 Å². The summed E-state index contributed by atoms with van der Waals surface area (Å²) in [5.41, 5.74) is 2.25. The molecule has 0 radical (unpaired) electrons. The molecular formula is C19H22N4O2. The number of anilines is 1. The van der Waals surface area contributed by atoms with Gasteiger partial charge in [0.05, 0.1) is 11.4 Å². The maximum Gasteiger partial charge on any atom is 0.321 e. The Hall–Kier alpha value is -2.73. The lowest BCUT2D eigenvalue weighted by Gasteiger charge is -2.31. The molecule has 0 saturated carbocycles. The van der Waals surface area contributed by atoms with Crippen LogP contribution in [0.3, 0.4) is 0 Å². The molecule has 0 unspecified atom stereocenters. The first kappa shape index (κ1) is 17.1. The number of hydrogen-bond donors (Lipinski definition) is 2. The van der Waals surface area contributed by atoms with Gasteiger partial charge < -0.3 is 15.3 Å². The van der Waals surface area contributed by atoms with Gasteiger partial charge in [-0.05, 0) is 55.2 Å². The Morgan fingerprint density at radius 3 is 2.20 bits per heavy atom. The lowest BCUT2D eigenvalue weighted by atomic mass is 9.98. The Morgan fingerprint density at radius 1 is 1.00 bits per heavy atom. The van der Waals surface area contributed by atoms with Gasteiger partial charge in [0.15, 0.2) is 0 Å². The van der Waals surface area contributed by atoms with Crippen LogP contribution in [0.15, 0.2) is 64.8 Å². The molecule has 1 aliphatic heterocycles. The van der Waals surface area contributed by atoms with Crippen LogP contribution in [-0.4, -0.2) is 35.7 Å². The van der Waals surface area contributed by atoms with E-state index < -0.39 is 0 Å². The number of carbonyl (C=O) groups is 1. The van der Waals surface area contributed by atoms with Crippen LogP contribution in [0.1, 0.15) is 12.8 Å². The molecule has 2 amide bonds. The second-order valence-corrected chi connectivity index (χ2v) is 6.13. The molecule has 6 heteroatoms. The van der Waals surface area contributed by atoms with Crippen molar-refractivity contribution in [2.45, 2.75) is 12.8 Å². The van der Waals surface area contributed by atoms with E-state index in [-0.39, 0.29) is 12.6 Å². The number of amides is 2. The highest BCUT2D eigenvalue weighted by atomic mass is 16.3. The number of nitrogens with one attached hydrogen (secondary N) is 1. The van der Waals surface area contributed by atoms with Gasteiger partial charge in [-0.1, -0.05) is 18.2 Å². The van der Waals surface area contributed by atoms with Crippen molar-refractivity contribution in [1.82, 2.24) is 4.90 Å². The van der Waals surface area contributed by atoms with Gasteiger partial charge in [-0.15, -0.1) is 0 Å². The van der Waals surface area contributed by atoms with Gasteiger partial charge in [-0.3, -0.25) is 0 Å². The molecule has 2 aromatic rings. The van der Waals surface area contributed by atoms with E-state index in [0.29, 0.717) is 19.0 Å². The second kappa shape index (κ2) is 8.39. The van der Waals surface area contributed by atoms with Crippen molar-refractivity contribution in [3.05, 3.63) is 54.6 Å². The molecule has 2 aromatic carbocycles. The lowest BCUT2D eigenvalue weighted by molar-refractivity contribution is 0.143. The zero-order valence-electron chi connectivity index (χ0n) is 14.0. The molecule has 25 heavy (non-hydrogen) atoms. The number of urea groups is 1. The van der Waals surface area contributed by atoms with Crippen molar-refractivity contribution in [2.24, 2.45) is 16.1 Å². The summed E-state index contributed by atoms with van der Waals surface area (Å²) in [7, 11) is 0. The molecule has 0 aromatic heterocycles. The molecule has 1 saturated heterocycles. The highest BCUT2D eigenvalue weighted by Crippen LogP contribution is 2.21. The number of benzene rings is 2. The molecule has 2 N–H and O–H groups in total. The molecular weight excluding hydrogens is 316 g/mol. The van der Waals surface area contributed by atoms with Gasteiger partial charge in [0.25, 0.3) is 0 Å². The summed E-state index contributed by atoms with van der Waals surface area (Å²) in [6.07, 6.45) is 1.70. The van der Waals surface area contributed by atoms with Crippen molar-refractivity contribution in [3.8, 4) is 0 Å². The number of azo groups is 1. The van der Waals surface area contributed by atoms with Crippen molar-refractivity contribution in [1.29, 1.82) is 0 Å². The van der Waals surface area contributed by atoms with Crippen molar-refractivity contribution in [2.75, 3.05) is 25.0 Å². The maximum absolute atomic E-state index is 12.3. The number of carbonyl (C=O) groups excluding carboxylic acids is 1. The summed E-state index contributed by atoms with van der Waals surface area (Å²) in [5, 5.41) is 20.4. The number of aliphatic hydroxyl groups excluding tert-OH is 1. The fraction of sp³-hybridized carbons (Fsp3) is 0.316. The van der Waals surface area contributed by atoms with Gasteiger partial charge >= 0.3 is 6.03 Å². The van der Waals surface area contributed by atoms with Gasteiger partial charge in [0, 0.05) is 25.4 Å². The molecule has 0 aliphatic carbocycles. The fourth-order valence-corrected chi connectivity index (χ4v) is 2.74. The normalized spacial score (nSPS) is 15.5. The van der Waals surface area contributed by atoms with Crippen LogP contribution in [0.4, 0.5) is 21.9 Å². The third kappa shape index (κ3) is 4.87. The first-order chi connectivity index (χ1) is 12.2. The topological polar surface area (TPSA) is 77.3 Å². The van der Waals surface area contributed by atoms with Crippen LogP contribution in [0.5, 0.6) is 0 Å². The average Bonchev–Trinajstić information content (AvgIpc) is 2.68. The number of nitrogens with zero attached hydrogens (tertiary/aromatic N) is 3. The molecule has 6 nitrogen and oxygen atoms in total. The molecule has 1 fully saturated rings. The number of aliphatic hydroxyl groups is 1. The average molecular weight is 338 g/mol. The predicted octanol–water partition coefficient (Wildman–Crippen LogP) is 4.34. The van der Waals surface area contributed by atoms with E-state index in [0.717, 1.165) is 29.9 Å². The van der Waals surface area contributed by atoms with Gasteiger partial charge in [-0.2, -0.15) is 10.2 Å². The summed E-state index contributed by atoms with van der Waals surface area (Å²) in [5.74, 6) is 0.318. The summed E-state index contributed by atoms with van der Waals surface area (Å²) >= 11 is 0. The zero-order valence-corrected chi connectivity index (χ0v) is 14.0. The number of likely N-dealkylation sites (tertiary alicyclic amines) is 1.